The van der Waals surface area contributed by atoms with Crippen molar-refractivity contribution in [2.24, 2.45) is 7.05 Å². The Hall–Kier alpha value is -3.53. The minimum Gasteiger partial charge on any atom is -0.375 e. The van der Waals surface area contributed by atoms with Crippen molar-refractivity contribution in [1.82, 2.24) is 34.7 Å². The van der Waals surface area contributed by atoms with Gasteiger partial charge in [0.25, 0.3) is 5.91 Å². The fourth-order valence-corrected chi connectivity index (χ4v) is 3.32. The third kappa shape index (κ3) is 2.74. The molecule has 0 saturated carbocycles. The molecule has 0 unspecified atom stereocenters. The molecule has 1 atom stereocenters. The van der Waals surface area contributed by atoms with E-state index in [1.165, 1.54) is 6.20 Å². The lowest BCUT2D eigenvalue weighted by molar-refractivity contribution is 0.0816. The summed E-state index contributed by atoms with van der Waals surface area (Å²) in [5.74, 6) is 0.349. The van der Waals surface area contributed by atoms with Crippen LogP contribution in [-0.4, -0.2) is 47.9 Å². The number of aromatic nitrogens is 6. The van der Waals surface area contributed by atoms with Gasteiger partial charge in [0.1, 0.15) is 17.0 Å². The van der Waals surface area contributed by atoms with Gasteiger partial charge in [-0.2, -0.15) is 0 Å². The van der Waals surface area contributed by atoms with E-state index >= 15 is 0 Å². The molecule has 28 heavy (non-hydrogen) atoms. The average molecular weight is 378 g/mol. The number of aryl methyl sites for hydroxylation is 1. The number of anilines is 2. The summed E-state index contributed by atoms with van der Waals surface area (Å²) >= 11 is 0. The van der Waals surface area contributed by atoms with Crippen LogP contribution in [0, 0.1) is 0 Å². The zero-order valence-corrected chi connectivity index (χ0v) is 15.4. The molecule has 142 valence electrons. The number of nitrogens with zero attached hydrogens (tertiary/aromatic N) is 6. The molecule has 2 N–H and O–H groups in total. The minimum absolute atomic E-state index is 0.151. The Bertz CT molecular complexity index is 1210. The Morgan fingerprint density at radius 2 is 2.14 bits per heavy atom. The van der Waals surface area contributed by atoms with Crippen LogP contribution in [0.15, 0.2) is 30.7 Å². The molecule has 4 heterocycles. The largest absolute Gasteiger partial charge is 0.375 e. The monoisotopic (exact) mass is 378 g/mol. The number of imidazole rings is 1. The van der Waals surface area contributed by atoms with Crippen LogP contribution in [0.2, 0.25) is 0 Å². The minimum atomic E-state index is -0.215. The number of hydrogen-bond donors (Lipinski definition) is 2. The van der Waals surface area contributed by atoms with Gasteiger partial charge in [-0.3, -0.25) is 9.20 Å². The first-order chi connectivity index (χ1) is 13.6. The summed E-state index contributed by atoms with van der Waals surface area (Å²) in [6.07, 6.45) is 4.91. The second kappa shape index (κ2) is 6.27. The number of fused-ring (bicyclic) bond motifs is 5. The maximum absolute atomic E-state index is 12.6. The zero-order valence-electron chi connectivity index (χ0n) is 15.4. The van der Waals surface area contributed by atoms with E-state index in [2.05, 4.69) is 30.9 Å². The topological polar surface area (TPSA) is 111 Å². The first-order valence-corrected chi connectivity index (χ1v) is 8.89. The maximum Gasteiger partial charge on any atom is 0.270 e. The van der Waals surface area contributed by atoms with Crippen LogP contribution in [-0.2, 0) is 18.4 Å². The van der Waals surface area contributed by atoms with Gasteiger partial charge in [-0.1, -0.05) is 5.21 Å². The van der Waals surface area contributed by atoms with E-state index in [0.717, 1.165) is 22.3 Å². The number of ether oxygens (including phenoxy) is 1. The molecule has 4 aromatic rings. The van der Waals surface area contributed by atoms with E-state index < -0.39 is 0 Å². The van der Waals surface area contributed by atoms with Crippen LogP contribution in [0.5, 0.6) is 0 Å². The summed E-state index contributed by atoms with van der Waals surface area (Å²) in [6, 6.07) is 3.83. The average Bonchev–Trinajstić information content (AvgIpc) is 3.25. The number of nitrogens with one attached hydrogen (secondary N) is 2. The smallest absolute Gasteiger partial charge is 0.270 e. The summed E-state index contributed by atoms with van der Waals surface area (Å²) in [6.45, 7) is 2.70. The van der Waals surface area contributed by atoms with Crippen molar-refractivity contribution in [2.75, 3.05) is 11.9 Å². The Labute approximate surface area is 159 Å². The predicted molar refractivity (Wildman–Crippen MR) is 101 cm³/mol. The summed E-state index contributed by atoms with van der Waals surface area (Å²) in [5.41, 5.74) is 4.39. The van der Waals surface area contributed by atoms with Crippen LogP contribution in [0.3, 0.4) is 0 Å². The predicted octanol–water partition coefficient (Wildman–Crippen LogP) is 1.40. The summed E-state index contributed by atoms with van der Waals surface area (Å²) in [7, 11) is 1.85. The Kier molecular flexibility index (Phi) is 3.72. The van der Waals surface area contributed by atoms with Gasteiger partial charge >= 0.3 is 0 Å². The molecule has 0 fully saturated rings. The van der Waals surface area contributed by atoms with Crippen LogP contribution >= 0.6 is 0 Å². The van der Waals surface area contributed by atoms with Crippen molar-refractivity contribution >= 4 is 34.1 Å². The molecule has 10 heteroatoms. The molecular formula is C18H18N8O2. The van der Waals surface area contributed by atoms with Gasteiger partial charge in [-0.05, 0) is 24.6 Å². The fraction of sp³-hybridized carbons (Fsp3) is 0.278. The Morgan fingerprint density at radius 3 is 3.04 bits per heavy atom. The zero-order chi connectivity index (χ0) is 19.3. The van der Waals surface area contributed by atoms with Gasteiger partial charge < -0.3 is 15.4 Å². The second-order valence-corrected chi connectivity index (χ2v) is 6.88. The van der Waals surface area contributed by atoms with Crippen LogP contribution < -0.4 is 10.6 Å². The number of carbonyl (C=O) groups excluding carboxylic acids is 1. The van der Waals surface area contributed by atoms with Gasteiger partial charge in [-0.25, -0.2) is 14.6 Å². The molecule has 5 rings (SSSR count). The third-order valence-electron chi connectivity index (χ3n) is 4.68. The molecule has 0 spiro atoms. The third-order valence-corrected chi connectivity index (χ3v) is 4.68. The molecule has 1 aromatic carbocycles. The van der Waals surface area contributed by atoms with Crippen molar-refractivity contribution in [2.45, 2.75) is 19.6 Å². The van der Waals surface area contributed by atoms with E-state index in [4.69, 9.17) is 4.74 Å². The van der Waals surface area contributed by atoms with E-state index in [1.807, 2.05) is 26.1 Å². The van der Waals surface area contributed by atoms with E-state index in [1.54, 1.807) is 21.5 Å². The van der Waals surface area contributed by atoms with Crippen LogP contribution in [0.1, 0.15) is 23.0 Å². The van der Waals surface area contributed by atoms with Crippen molar-refractivity contribution in [1.29, 1.82) is 0 Å². The lowest BCUT2D eigenvalue weighted by Gasteiger charge is -2.16. The SMILES string of the molecule is C[C@@H]1COCc2cc(c3nnn(C)c3c2)Nc2cn3c(cnc3cn2)C(=O)N1. The van der Waals surface area contributed by atoms with Crippen molar-refractivity contribution in [3.8, 4) is 0 Å². The van der Waals surface area contributed by atoms with Gasteiger partial charge in [0.15, 0.2) is 5.65 Å². The van der Waals surface area contributed by atoms with Gasteiger partial charge in [0.05, 0.1) is 43.0 Å². The summed E-state index contributed by atoms with van der Waals surface area (Å²) < 4.78 is 9.25. The molecule has 1 aliphatic heterocycles. The van der Waals surface area contributed by atoms with E-state index in [0.29, 0.717) is 30.4 Å². The van der Waals surface area contributed by atoms with Gasteiger partial charge in [0.2, 0.25) is 0 Å². The van der Waals surface area contributed by atoms with E-state index in [9.17, 15) is 4.79 Å². The first kappa shape index (κ1) is 16.6. The highest BCUT2D eigenvalue weighted by Crippen LogP contribution is 2.26. The van der Waals surface area contributed by atoms with Crippen molar-refractivity contribution < 1.29 is 9.53 Å². The molecule has 0 aliphatic carbocycles. The molecule has 1 amide bonds. The normalized spacial score (nSPS) is 17.5. The fourth-order valence-electron chi connectivity index (χ4n) is 3.32. The highest BCUT2D eigenvalue weighted by Gasteiger charge is 2.17. The molecule has 10 nitrogen and oxygen atoms in total. The number of benzene rings is 1. The number of amides is 1. The maximum atomic E-state index is 12.6. The lowest BCUT2D eigenvalue weighted by atomic mass is 10.1. The molecule has 1 aliphatic rings. The van der Waals surface area contributed by atoms with Crippen molar-refractivity contribution in [3.05, 3.63) is 42.0 Å². The number of hydrogen-bond acceptors (Lipinski definition) is 7. The second-order valence-electron chi connectivity index (χ2n) is 6.88. The van der Waals surface area contributed by atoms with Gasteiger partial charge in [-0.15, -0.1) is 5.10 Å². The van der Waals surface area contributed by atoms with Crippen LogP contribution in [0.25, 0.3) is 16.7 Å². The quantitative estimate of drug-likeness (QED) is 0.476. The first-order valence-electron chi connectivity index (χ1n) is 8.89. The number of rotatable bonds is 0. The van der Waals surface area contributed by atoms with Gasteiger partial charge in [0, 0.05) is 13.1 Å². The van der Waals surface area contributed by atoms with Crippen LogP contribution in [0.4, 0.5) is 11.5 Å². The number of carbonyl (C=O) groups is 1. The Morgan fingerprint density at radius 1 is 1.25 bits per heavy atom. The highest BCUT2D eigenvalue weighted by molar-refractivity contribution is 5.94. The molecule has 0 saturated heterocycles. The molecular weight excluding hydrogens is 360 g/mol. The standard InChI is InChI=1S/C18H18N8O2/c1-10-8-28-9-11-3-12(17-13(4-11)25(2)24-23-17)22-15-7-26-14(18(27)21-10)5-20-16(26)6-19-15/h3-7,10,22H,8-9H2,1-2H3,(H,21,27)/t10-/m1/s1. The lowest BCUT2D eigenvalue weighted by Crippen LogP contribution is -2.36. The highest BCUT2D eigenvalue weighted by atomic mass is 16.5. The summed E-state index contributed by atoms with van der Waals surface area (Å²) in [4.78, 5) is 21.3. The molecule has 0 radical (unpaired) electrons. The Balaban J connectivity index is 1.68. The van der Waals surface area contributed by atoms with Crippen molar-refractivity contribution in [3.63, 3.8) is 0 Å². The molecule has 3 aromatic heterocycles. The van der Waals surface area contributed by atoms with E-state index in [-0.39, 0.29) is 11.9 Å². The summed E-state index contributed by atoms with van der Waals surface area (Å²) in [5, 5.41) is 14.6. The molecule has 4 bridgehead atoms.